The molecule has 0 saturated carbocycles. The summed E-state index contributed by atoms with van der Waals surface area (Å²) in [5, 5.41) is 0. The lowest BCUT2D eigenvalue weighted by molar-refractivity contribution is 0.814. The molecule has 0 amide bonds. The molecule has 100 valence electrons. The van der Waals surface area contributed by atoms with Crippen LogP contribution in [0.15, 0.2) is 59.5 Å². The molecule has 2 heteroatoms. The molecular weight excluding hydrogens is 250 g/mol. The Kier molecular flexibility index (Phi) is 5.49. The average Bonchev–Trinajstić information content (AvgIpc) is 2.45. The van der Waals surface area contributed by atoms with Gasteiger partial charge in [-0.2, -0.15) is 0 Å². The molecule has 1 atom stereocenters. The Bertz CT molecular complexity index is 494. The summed E-state index contributed by atoms with van der Waals surface area (Å²) in [7, 11) is 0. The van der Waals surface area contributed by atoms with Gasteiger partial charge in [-0.15, -0.1) is 11.8 Å². The number of benzene rings is 2. The second kappa shape index (κ2) is 7.37. The van der Waals surface area contributed by atoms with Gasteiger partial charge >= 0.3 is 0 Å². The van der Waals surface area contributed by atoms with Crippen molar-refractivity contribution in [1.82, 2.24) is 0 Å². The van der Waals surface area contributed by atoms with E-state index in [1.165, 1.54) is 22.4 Å². The van der Waals surface area contributed by atoms with Crippen molar-refractivity contribution >= 4 is 11.8 Å². The molecule has 0 bridgehead atoms. The van der Waals surface area contributed by atoms with Crippen LogP contribution in [-0.4, -0.2) is 5.75 Å². The lowest BCUT2D eigenvalue weighted by atomic mass is 10.1. The van der Waals surface area contributed by atoms with E-state index in [4.69, 9.17) is 5.73 Å². The molecule has 0 aliphatic heterocycles. The van der Waals surface area contributed by atoms with Gasteiger partial charge in [0.15, 0.2) is 0 Å². The zero-order chi connectivity index (χ0) is 13.5. The van der Waals surface area contributed by atoms with Gasteiger partial charge in [0.25, 0.3) is 0 Å². The molecular formula is C17H21NS. The zero-order valence-corrected chi connectivity index (χ0v) is 12.2. The summed E-state index contributed by atoms with van der Waals surface area (Å²) in [6.07, 6.45) is 2.36. The summed E-state index contributed by atoms with van der Waals surface area (Å²) in [5.41, 5.74) is 8.54. The summed E-state index contributed by atoms with van der Waals surface area (Å²) in [6.45, 7) is 2.03. The van der Waals surface area contributed by atoms with Gasteiger partial charge in [-0.1, -0.05) is 42.5 Å². The fourth-order valence-corrected chi connectivity index (χ4v) is 2.92. The number of hydrogen-bond acceptors (Lipinski definition) is 2. The number of rotatable bonds is 6. The predicted molar refractivity (Wildman–Crippen MR) is 84.5 cm³/mol. The van der Waals surface area contributed by atoms with Gasteiger partial charge in [-0.25, -0.2) is 0 Å². The zero-order valence-electron chi connectivity index (χ0n) is 11.4. The molecule has 2 rings (SSSR count). The fraction of sp³-hybridized carbons (Fsp3) is 0.294. The summed E-state index contributed by atoms with van der Waals surface area (Å²) in [6, 6.07) is 19.3. The normalized spacial score (nSPS) is 12.3. The Labute approximate surface area is 120 Å². The molecule has 0 fully saturated rings. The standard InChI is InChI=1S/C17H21NS/c1-14(18)16-10-5-11-17(13-16)19-12-6-9-15-7-3-2-4-8-15/h2-5,7-8,10-11,13-14H,6,9,12,18H2,1H3. The van der Waals surface area contributed by atoms with Crippen LogP contribution in [0.25, 0.3) is 0 Å². The summed E-state index contributed by atoms with van der Waals surface area (Å²) >= 11 is 1.92. The third kappa shape index (κ3) is 4.73. The number of thioether (sulfide) groups is 1. The van der Waals surface area contributed by atoms with Crippen molar-refractivity contribution in [2.24, 2.45) is 5.73 Å². The Balaban J connectivity index is 1.78. The smallest absolute Gasteiger partial charge is 0.0266 e. The molecule has 0 saturated heterocycles. The molecule has 0 aliphatic carbocycles. The van der Waals surface area contributed by atoms with E-state index < -0.39 is 0 Å². The topological polar surface area (TPSA) is 26.0 Å². The SMILES string of the molecule is CC(N)c1cccc(SCCCc2ccccc2)c1. The minimum absolute atomic E-state index is 0.116. The monoisotopic (exact) mass is 271 g/mol. The highest BCUT2D eigenvalue weighted by Crippen LogP contribution is 2.22. The number of nitrogens with two attached hydrogens (primary N) is 1. The van der Waals surface area contributed by atoms with Crippen LogP contribution < -0.4 is 5.73 Å². The summed E-state index contributed by atoms with van der Waals surface area (Å²) in [5.74, 6) is 1.15. The molecule has 0 heterocycles. The molecule has 1 nitrogen and oxygen atoms in total. The second-order valence-corrected chi connectivity index (χ2v) is 5.97. The Hall–Kier alpha value is -1.25. The molecule has 2 aromatic rings. The van der Waals surface area contributed by atoms with E-state index in [0.717, 1.165) is 12.2 Å². The lowest BCUT2D eigenvalue weighted by Crippen LogP contribution is -2.04. The van der Waals surface area contributed by atoms with Crippen molar-refractivity contribution in [3.63, 3.8) is 0 Å². The lowest BCUT2D eigenvalue weighted by Gasteiger charge is -2.08. The number of aryl methyl sites for hydroxylation is 1. The Morgan fingerprint density at radius 1 is 1.05 bits per heavy atom. The highest BCUT2D eigenvalue weighted by Gasteiger charge is 2.01. The van der Waals surface area contributed by atoms with Crippen molar-refractivity contribution in [3.8, 4) is 0 Å². The molecule has 0 radical (unpaired) electrons. The molecule has 19 heavy (non-hydrogen) atoms. The third-order valence-electron chi connectivity index (χ3n) is 3.11. The van der Waals surface area contributed by atoms with E-state index in [1.54, 1.807) is 0 Å². The molecule has 0 spiro atoms. The Morgan fingerprint density at radius 3 is 2.58 bits per heavy atom. The van der Waals surface area contributed by atoms with Crippen molar-refractivity contribution in [2.45, 2.75) is 30.7 Å². The van der Waals surface area contributed by atoms with Crippen LogP contribution in [0.1, 0.15) is 30.5 Å². The first-order chi connectivity index (χ1) is 9.25. The van der Waals surface area contributed by atoms with Crippen LogP contribution in [0.5, 0.6) is 0 Å². The van der Waals surface area contributed by atoms with Gasteiger partial charge in [-0.05, 0) is 48.8 Å². The van der Waals surface area contributed by atoms with E-state index in [1.807, 2.05) is 18.7 Å². The fourth-order valence-electron chi connectivity index (χ4n) is 2.00. The van der Waals surface area contributed by atoms with Gasteiger partial charge in [-0.3, -0.25) is 0 Å². The molecule has 0 aromatic heterocycles. The first-order valence-corrected chi connectivity index (χ1v) is 7.76. The average molecular weight is 271 g/mol. The van der Waals surface area contributed by atoms with Gasteiger partial charge in [0, 0.05) is 10.9 Å². The highest BCUT2D eigenvalue weighted by molar-refractivity contribution is 7.99. The van der Waals surface area contributed by atoms with Crippen LogP contribution >= 0.6 is 11.8 Å². The molecule has 2 N–H and O–H groups in total. The third-order valence-corrected chi connectivity index (χ3v) is 4.19. The first-order valence-electron chi connectivity index (χ1n) is 6.78. The maximum atomic E-state index is 5.90. The second-order valence-electron chi connectivity index (χ2n) is 4.80. The minimum Gasteiger partial charge on any atom is -0.324 e. The van der Waals surface area contributed by atoms with Gasteiger partial charge in [0.2, 0.25) is 0 Å². The molecule has 0 aliphatic rings. The van der Waals surface area contributed by atoms with Crippen LogP contribution in [0, 0.1) is 0 Å². The molecule has 1 unspecified atom stereocenters. The highest BCUT2D eigenvalue weighted by atomic mass is 32.2. The van der Waals surface area contributed by atoms with Gasteiger partial charge in [0.1, 0.15) is 0 Å². The summed E-state index contributed by atoms with van der Waals surface area (Å²) < 4.78 is 0. The van der Waals surface area contributed by atoms with E-state index >= 15 is 0 Å². The quantitative estimate of drug-likeness (QED) is 0.621. The van der Waals surface area contributed by atoms with Crippen LogP contribution in [0.3, 0.4) is 0 Å². The van der Waals surface area contributed by atoms with Crippen LogP contribution in [0.2, 0.25) is 0 Å². The first kappa shape index (κ1) is 14.2. The minimum atomic E-state index is 0.116. The largest absolute Gasteiger partial charge is 0.324 e. The van der Waals surface area contributed by atoms with Crippen molar-refractivity contribution in [2.75, 3.05) is 5.75 Å². The van der Waals surface area contributed by atoms with Gasteiger partial charge < -0.3 is 5.73 Å². The van der Waals surface area contributed by atoms with E-state index in [9.17, 15) is 0 Å². The maximum Gasteiger partial charge on any atom is 0.0266 e. The van der Waals surface area contributed by atoms with Crippen LogP contribution in [0.4, 0.5) is 0 Å². The van der Waals surface area contributed by atoms with Crippen molar-refractivity contribution < 1.29 is 0 Å². The Morgan fingerprint density at radius 2 is 1.84 bits per heavy atom. The van der Waals surface area contributed by atoms with E-state index in [0.29, 0.717) is 0 Å². The molecule has 2 aromatic carbocycles. The van der Waals surface area contributed by atoms with E-state index in [2.05, 4.69) is 54.6 Å². The van der Waals surface area contributed by atoms with E-state index in [-0.39, 0.29) is 6.04 Å². The van der Waals surface area contributed by atoms with Crippen LogP contribution in [-0.2, 0) is 6.42 Å². The van der Waals surface area contributed by atoms with Gasteiger partial charge in [0.05, 0.1) is 0 Å². The predicted octanol–water partition coefficient (Wildman–Crippen LogP) is 4.43. The number of hydrogen-bond donors (Lipinski definition) is 1. The van der Waals surface area contributed by atoms with Crippen molar-refractivity contribution in [1.29, 1.82) is 0 Å². The van der Waals surface area contributed by atoms with Crippen molar-refractivity contribution in [3.05, 3.63) is 65.7 Å². The maximum absolute atomic E-state index is 5.90. The summed E-state index contributed by atoms with van der Waals surface area (Å²) in [4.78, 5) is 1.32.